The maximum absolute atomic E-state index is 13.7. The fourth-order valence-electron chi connectivity index (χ4n) is 3.26. The molecule has 1 atom stereocenters. The molecule has 0 aliphatic carbocycles. The van der Waals surface area contributed by atoms with Crippen molar-refractivity contribution in [2.45, 2.75) is 12.6 Å². The maximum Gasteiger partial charge on any atom is 0.160 e. The van der Waals surface area contributed by atoms with Crippen LogP contribution in [-0.4, -0.2) is 50.0 Å². The van der Waals surface area contributed by atoms with Crippen LogP contribution in [0.15, 0.2) is 42.5 Å². The Morgan fingerprint density at radius 3 is 2.73 bits per heavy atom. The topological polar surface area (TPSA) is 54.0 Å². The third-order valence-electron chi connectivity index (χ3n) is 4.63. The van der Waals surface area contributed by atoms with Gasteiger partial charge in [-0.25, -0.2) is 4.39 Å². The van der Waals surface area contributed by atoms with Gasteiger partial charge in [0.15, 0.2) is 11.5 Å². The monoisotopic (exact) mass is 360 g/mol. The van der Waals surface area contributed by atoms with Crippen LogP contribution in [0.25, 0.3) is 0 Å². The zero-order chi connectivity index (χ0) is 18.4. The van der Waals surface area contributed by atoms with Gasteiger partial charge >= 0.3 is 0 Å². The Hall–Kier alpha value is -2.15. The summed E-state index contributed by atoms with van der Waals surface area (Å²) in [7, 11) is 1.53. The molecule has 0 spiro atoms. The van der Waals surface area contributed by atoms with Crippen molar-refractivity contribution in [3.05, 3.63) is 59.4 Å². The normalized spacial score (nSPS) is 16.4. The fraction of sp³-hybridized carbons (Fsp3) is 0.400. The Bertz CT molecular complexity index is 720. The molecule has 2 aromatic carbocycles. The molecular weight excluding hydrogens is 335 g/mol. The number of aromatic hydroxyl groups is 1. The molecule has 2 aromatic rings. The van der Waals surface area contributed by atoms with E-state index in [9.17, 15) is 9.50 Å². The molecule has 1 heterocycles. The van der Waals surface area contributed by atoms with E-state index < -0.39 is 0 Å². The van der Waals surface area contributed by atoms with Crippen LogP contribution in [0.3, 0.4) is 0 Å². The molecule has 140 valence electrons. The van der Waals surface area contributed by atoms with Gasteiger partial charge in [-0.15, -0.1) is 0 Å². The van der Waals surface area contributed by atoms with Gasteiger partial charge in [0, 0.05) is 32.2 Å². The highest BCUT2D eigenvalue weighted by atomic mass is 19.1. The number of halogens is 1. The number of phenols is 1. The zero-order valence-electron chi connectivity index (χ0n) is 15.0. The first-order chi connectivity index (χ1) is 12.7. The van der Waals surface area contributed by atoms with Gasteiger partial charge in [-0.1, -0.05) is 18.2 Å². The number of hydrogen-bond acceptors (Lipinski definition) is 5. The van der Waals surface area contributed by atoms with E-state index in [-0.39, 0.29) is 17.6 Å². The van der Waals surface area contributed by atoms with Gasteiger partial charge in [-0.3, -0.25) is 4.90 Å². The SMILES string of the molecule is COc1ccc(CNCC(c2cccc(F)c2)N2CCOCC2)cc1O. The number of nitrogens with one attached hydrogen (secondary N) is 1. The summed E-state index contributed by atoms with van der Waals surface area (Å²) >= 11 is 0. The third-order valence-corrected chi connectivity index (χ3v) is 4.63. The summed E-state index contributed by atoms with van der Waals surface area (Å²) in [6.45, 7) is 4.32. The molecule has 1 unspecified atom stereocenters. The van der Waals surface area contributed by atoms with Crippen molar-refractivity contribution >= 4 is 0 Å². The number of ether oxygens (including phenoxy) is 2. The standard InChI is InChI=1S/C20H25FN2O3/c1-25-20-6-5-15(11-19(20)24)13-22-14-18(23-7-9-26-10-8-23)16-3-2-4-17(21)12-16/h2-6,11-12,18,22,24H,7-10,13-14H2,1H3. The summed E-state index contributed by atoms with van der Waals surface area (Å²) in [6.07, 6.45) is 0. The van der Waals surface area contributed by atoms with E-state index in [1.54, 1.807) is 24.3 Å². The van der Waals surface area contributed by atoms with Gasteiger partial charge in [0.1, 0.15) is 5.82 Å². The summed E-state index contributed by atoms with van der Waals surface area (Å²) in [6, 6.07) is 12.2. The fourth-order valence-corrected chi connectivity index (χ4v) is 3.26. The van der Waals surface area contributed by atoms with E-state index in [1.165, 1.54) is 13.2 Å². The van der Waals surface area contributed by atoms with Gasteiger partial charge in [0.25, 0.3) is 0 Å². The predicted molar refractivity (Wildman–Crippen MR) is 97.9 cm³/mol. The molecule has 0 saturated carbocycles. The first kappa shape index (κ1) is 18.6. The second-order valence-electron chi connectivity index (χ2n) is 6.36. The van der Waals surface area contributed by atoms with Crippen molar-refractivity contribution in [2.75, 3.05) is 40.0 Å². The zero-order valence-corrected chi connectivity index (χ0v) is 15.0. The van der Waals surface area contributed by atoms with E-state index >= 15 is 0 Å². The van der Waals surface area contributed by atoms with E-state index in [4.69, 9.17) is 9.47 Å². The van der Waals surface area contributed by atoms with Crippen LogP contribution >= 0.6 is 0 Å². The van der Waals surface area contributed by atoms with E-state index in [1.807, 2.05) is 12.1 Å². The first-order valence-electron chi connectivity index (χ1n) is 8.81. The number of rotatable bonds is 7. The van der Waals surface area contributed by atoms with Gasteiger partial charge in [-0.05, 0) is 35.4 Å². The first-order valence-corrected chi connectivity index (χ1v) is 8.81. The van der Waals surface area contributed by atoms with Crippen molar-refractivity contribution in [2.24, 2.45) is 0 Å². The van der Waals surface area contributed by atoms with Gasteiger partial charge in [0.05, 0.1) is 20.3 Å². The molecule has 1 saturated heterocycles. The van der Waals surface area contributed by atoms with E-state index in [0.717, 1.165) is 24.2 Å². The molecule has 0 aromatic heterocycles. The Balaban J connectivity index is 1.66. The van der Waals surface area contributed by atoms with Crippen molar-refractivity contribution in [1.29, 1.82) is 0 Å². The molecule has 0 amide bonds. The molecule has 1 aliphatic heterocycles. The predicted octanol–water partition coefficient (Wildman–Crippen LogP) is 2.70. The number of benzene rings is 2. The van der Waals surface area contributed by atoms with Crippen LogP contribution in [0.1, 0.15) is 17.2 Å². The quantitative estimate of drug-likeness (QED) is 0.795. The lowest BCUT2D eigenvalue weighted by Gasteiger charge is -2.35. The molecule has 6 heteroatoms. The lowest BCUT2D eigenvalue weighted by molar-refractivity contribution is 0.0160. The minimum atomic E-state index is -0.221. The number of hydrogen-bond donors (Lipinski definition) is 2. The number of phenolic OH excluding ortho intramolecular Hbond substituents is 1. The van der Waals surface area contributed by atoms with Crippen LogP contribution in [0.4, 0.5) is 4.39 Å². The number of methoxy groups -OCH3 is 1. The molecule has 0 bridgehead atoms. The molecule has 1 aliphatic rings. The Morgan fingerprint density at radius 2 is 2.04 bits per heavy atom. The Labute approximate surface area is 153 Å². The summed E-state index contributed by atoms with van der Waals surface area (Å²) in [5.41, 5.74) is 1.92. The smallest absolute Gasteiger partial charge is 0.160 e. The summed E-state index contributed by atoms with van der Waals surface area (Å²) in [5, 5.41) is 13.3. The van der Waals surface area contributed by atoms with Gasteiger partial charge in [-0.2, -0.15) is 0 Å². The maximum atomic E-state index is 13.7. The average molecular weight is 360 g/mol. The van der Waals surface area contributed by atoms with E-state index in [2.05, 4.69) is 10.2 Å². The van der Waals surface area contributed by atoms with Crippen molar-refractivity contribution < 1.29 is 19.0 Å². The van der Waals surface area contributed by atoms with Gasteiger partial charge < -0.3 is 19.9 Å². The van der Waals surface area contributed by atoms with Crippen LogP contribution in [0.2, 0.25) is 0 Å². The molecule has 5 nitrogen and oxygen atoms in total. The van der Waals surface area contributed by atoms with E-state index in [0.29, 0.717) is 32.1 Å². The third kappa shape index (κ3) is 4.72. The Morgan fingerprint density at radius 1 is 1.23 bits per heavy atom. The summed E-state index contributed by atoms with van der Waals surface area (Å²) in [4.78, 5) is 2.32. The van der Waals surface area contributed by atoms with Crippen molar-refractivity contribution in [3.63, 3.8) is 0 Å². The van der Waals surface area contributed by atoms with Crippen LogP contribution in [-0.2, 0) is 11.3 Å². The molecule has 2 N–H and O–H groups in total. The molecular formula is C20H25FN2O3. The molecule has 1 fully saturated rings. The van der Waals surface area contributed by atoms with Gasteiger partial charge in [0.2, 0.25) is 0 Å². The lowest BCUT2D eigenvalue weighted by Crippen LogP contribution is -2.42. The summed E-state index contributed by atoms with van der Waals surface area (Å²) in [5.74, 6) is 0.363. The highest BCUT2D eigenvalue weighted by molar-refractivity contribution is 5.41. The molecule has 3 rings (SSSR count). The van der Waals surface area contributed by atoms with Crippen LogP contribution in [0.5, 0.6) is 11.5 Å². The van der Waals surface area contributed by atoms with Crippen molar-refractivity contribution in [1.82, 2.24) is 10.2 Å². The summed E-state index contributed by atoms with van der Waals surface area (Å²) < 4.78 is 24.2. The largest absolute Gasteiger partial charge is 0.504 e. The average Bonchev–Trinajstić information content (AvgIpc) is 2.66. The van der Waals surface area contributed by atoms with Crippen molar-refractivity contribution in [3.8, 4) is 11.5 Å². The molecule has 26 heavy (non-hydrogen) atoms. The highest BCUT2D eigenvalue weighted by Crippen LogP contribution is 2.26. The second kappa shape index (κ2) is 8.98. The number of nitrogens with zero attached hydrogens (tertiary/aromatic N) is 1. The Kier molecular flexibility index (Phi) is 6.44. The minimum absolute atomic E-state index is 0.0708. The van der Waals surface area contributed by atoms with Crippen LogP contribution in [0, 0.1) is 5.82 Å². The molecule has 0 radical (unpaired) electrons. The number of morpholine rings is 1. The van der Waals surface area contributed by atoms with Crippen LogP contribution < -0.4 is 10.1 Å². The second-order valence-corrected chi connectivity index (χ2v) is 6.36. The minimum Gasteiger partial charge on any atom is -0.504 e. The highest BCUT2D eigenvalue weighted by Gasteiger charge is 2.22. The lowest BCUT2D eigenvalue weighted by atomic mass is 10.0.